The minimum atomic E-state index is -0.317. The van der Waals surface area contributed by atoms with Crippen LogP contribution in [0.5, 0.6) is 0 Å². The van der Waals surface area contributed by atoms with Crippen molar-refractivity contribution in [1.82, 2.24) is 14.5 Å². The van der Waals surface area contributed by atoms with Crippen molar-refractivity contribution in [3.63, 3.8) is 0 Å². The van der Waals surface area contributed by atoms with Crippen molar-refractivity contribution in [2.75, 3.05) is 0 Å². The zero-order valence-corrected chi connectivity index (χ0v) is 32.3. The molecule has 8 aromatic carbocycles. The molecule has 0 saturated carbocycles. The molecule has 0 atom stereocenters. The molecular weight excluding hydrogens is 711 g/mol. The molecule has 13 rings (SSSR count). The van der Waals surface area contributed by atoms with E-state index in [1.165, 1.54) is 81.1 Å². The van der Waals surface area contributed by atoms with Crippen LogP contribution in [0.15, 0.2) is 140 Å². The van der Waals surface area contributed by atoms with Crippen molar-refractivity contribution in [3.8, 4) is 39.5 Å². The van der Waals surface area contributed by atoms with Crippen LogP contribution in [0.4, 0.5) is 0 Å². The Balaban J connectivity index is 1.20. The van der Waals surface area contributed by atoms with E-state index in [0.717, 1.165) is 57.1 Å². The molecule has 11 aromatic rings. The van der Waals surface area contributed by atoms with Crippen LogP contribution in [0.3, 0.4) is 0 Å². The van der Waals surface area contributed by atoms with Crippen LogP contribution in [-0.4, -0.2) is 14.5 Å². The Bertz CT molecular complexity index is 3560. The average molecular weight is 744 g/mol. The average Bonchev–Trinajstić information content (AvgIpc) is 3.87. The first kappa shape index (κ1) is 31.4. The van der Waals surface area contributed by atoms with Gasteiger partial charge in [0.1, 0.15) is 5.69 Å². The lowest BCUT2D eigenvalue weighted by Gasteiger charge is -2.24. The summed E-state index contributed by atoms with van der Waals surface area (Å²) in [6, 6.07) is 58.4. The lowest BCUT2D eigenvalue weighted by atomic mass is 9.81. The molecule has 3 aromatic heterocycles. The molecule has 0 spiro atoms. The van der Waals surface area contributed by atoms with Gasteiger partial charge in [0, 0.05) is 43.1 Å². The summed E-state index contributed by atoms with van der Waals surface area (Å²) in [7, 11) is 0. The topological polar surface area (TPSA) is 30.7 Å². The predicted octanol–water partition coefficient (Wildman–Crippen LogP) is 13.6. The van der Waals surface area contributed by atoms with Gasteiger partial charge in [0.25, 0.3) is 0 Å². The van der Waals surface area contributed by atoms with Crippen LogP contribution in [0.1, 0.15) is 36.4 Å². The molecule has 0 radical (unpaired) electrons. The number of benzene rings is 7. The fourth-order valence-electron chi connectivity index (χ4n) is 10.3. The Hall–Kier alpha value is -6.80. The second-order valence-corrected chi connectivity index (χ2v) is 17.3. The van der Waals surface area contributed by atoms with Gasteiger partial charge in [0.05, 0.1) is 27.2 Å². The number of thiophene rings is 1. The van der Waals surface area contributed by atoms with E-state index in [0.29, 0.717) is 0 Å². The highest BCUT2D eigenvalue weighted by molar-refractivity contribution is 7.25. The minimum absolute atomic E-state index is 0.317. The third-order valence-corrected chi connectivity index (χ3v) is 14.0. The van der Waals surface area contributed by atoms with E-state index < -0.39 is 0 Å². The summed E-state index contributed by atoms with van der Waals surface area (Å²) in [4.78, 5) is 11.6. The highest BCUT2D eigenvalue weighted by Gasteiger charge is 2.40. The fraction of sp³-hybridized carbons (Fsp3) is 0.0943. The summed E-state index contributed by atoms with van der Waals surface area (Å²) in [6.07, 6.45) is 1.81. The summed E-state index contributed by atoms with van der Waals surface area (Å²) in [5, 5.41) is 11.4. The number of nitrogens with zero attached hydrogens (tertiary/aromatic N) is 3. The Labute approximate surface area is 333 Å². The first-order chi connectivity index (χ1) is 28.0. The monoisotopic (exact) mass is 743 g/mol. The number of fused-ring (bicyclic) bond motifs is 17. The van der Waals surface area contributed by atoms with Crippen molar-refractivity contribution in [3.05, 3.63) is 174 Å². The molecule has 4 heteroatoms. The standard InChI is InChI=1S/C53H33N3S/c1-53(2)42-21-11-9-20-39(42)50-51(53)54-49(32-23-26-46-40(28-32)36-18-10-12-22-45(36)57-46)52(55-50)56-43-25-24-38-35-17-6-5-15-33(35)34-16-7-8-19-37(34)47(38)48(43)41-27-30-13-3-4-14-31(30)29-44(41)56/h3-22,27-29H,24-25H2,1-2H3. The van der Waals surface area contributed by atoms with Gasteiger partial charge in [0.2, 0.25) is 0 Å². The van der Waals surface area contributed by atoms with Crippen LogP contribution in [0.2, 0.25) is 0 Å². The number of rotatable bonds is 2. The molecular formula is C53H33N3S. The zero-order valence-electron chi connectivity index (χ0n) is 31.4. The van der Waals surface area contributed by atoms with Gasteiger partial charge >= 0.3 is 0 Å². The largest absolute Gasteiger partial charge is 0.296 e. The number of hydrogen-bond acceptors (Lipinski definition) is 3. The van der Waals surface area contributed by atoms with Gasteiger partial charge in [-0.05, 0) is 92.2 Å². The maximum absolute atomic E-state index is 5.81. The third-order valence-electron chi connectivity index (χ3n) is 12.9. The summed E-state index contributed by atoms with van der Waals surface area (Å²) < 4.78 is 4.83. The summed E-state index contributed by atoms with van der Waals surface area (Å²) in [5.41, 5.74) is 12.3. The predicted molar refractivity (Wildman–Crippen MR) is 238 cm³/mol. The van der Waals surface area contributed by atoms with Crippen LogP contribution in [-0.2, 0) is 18.3 Å². The SMILES string of the molecule is CC1(C)c2ccccc2-c2nc(-n3c4c(c5cc6ccccc6cc53)-c3c(c5ccccc5c5ccccc35)CC4)c(-c3c#cc4sc5ccccc5c4c3)nc21. The zero-order chi connectivity index (χ0) is 37.6. The second kappa shape index (κ2) is 11.2. The Morgan fingerprint density at radius 1 is 0.579 bits per heavy atom. The van der Waals surface area contributed by atoms with Gasteiger partial charge in [-0.2, -0.15) is 0 Å². The van der Waals surface area contributed by atoms with Crippen molar-refractivity contribution in [2.24, 2.45) is 0 Å². The smallest absolute Gasteiger partial charge is 0.165 e. The lowest BCUT2D eigenvalue weighted by Crippen LogP contribution is -2.19. The van der Waals surface area contributed by atoms with Crippen molar-refractivity contribution >= 4 is 74.7 Å². The Morgan fingerprint density at radius 2 is 1.26 bits per heavy atom. The summed E-state index contributed by atoms with van der Waals surface area (Å²) in [6.45, 7) is 4.57. The first-order valence-electron chi connectivity index (χ1n) is 19.8. The van der Waals surface area contributed by atoms with E-state index in [4.69, 9.17) is 9.97 Å². The molecule has 3 nitrogen and oxygen atoms in total. The van der Waals surface area contributed by atoms with E-state index in [1.54, 1.807) is 11.3 Å². The summed E-state index contributed by atoms with van der Waals surface area (Å²) >= 11 is 1.77. The molecule has 2 aliphatic carbocycles. The highest BCUT2D eigenvalue weighted by Crippen LogP contribution is 2.52. The molecule has 0 amide bonds. The molecule has 0 N–H and O–H groups in total. The van der Waals surface area contributed by atoms with Gasteiger partial charge in [-0.15, -0.1) is 11.3 Å². The van der Waals surface area contributed by atoms with Crippen LogP contribution < -0.4 is 0 Å². The van der Waals surface area contributed by atoms with Crippen molar-refractivity contribution in [2.45, 2.75) is 32.1 Å². The van der Waals surface area contributed by atoms with Crippen molar-refractivity contribution in [1.29, 1.82) is 0 Å². The molecule has 0 unspecified atom stereocenters. The molecule has 0 saturated heterocycles. The maximum atomic E-state index is 5.81. The van der Waals surface area contributed by atoms with E-state index in [2.05, 4.69) is 170 Å². The van der Waals surface area contributed by atoms with Gasteiger partial charge in [-0.3, -0.25) is 4.57 Å². The molecule has 3 heterocycles. The van der Waals surface area contributed by atoms with Gasteiger partial charge in [0.15, 0.2) is 5.82 Å². The van der Waals surface area contributed by atoms with E-state index >= 15 is 0 Å². The third kappa shape index (κ3) is 4.17. The Kier molecular flexibility index (Phi) is 6.15. The molecule has 266 valence electrons. The lowest BCUT2D eigenvalue weighted by molar-refractivity contribution is 0.635. The van der Waals surface area contributed by atoms with Crippen molar-refractivity contribution < 1.29 is 0 Å². The minimum Gasteiger partial charge on any atom is -0.296 e. The molecule has 0 bridgehead atoms. The number of hydrogen-bond donors (Lipinski definition) is 0. The van der Waals surface area contributed by atoms with Crippen LogP contribution >= 0.6 is 11.3 Å². The normalized spacial score (nSPS) is 14.0. The van der Waals surface area contributed by atoms with Crippen LogP contribution in [0.25, 0.3) is 103 Å². The van der Waals surface area contributed by atoms with Gasteiger partial charge in [-0.25, -0.2) is 9.97 Å². The molecule has 57 heavy (non-hydrogen) atoms. The maximum Gasteiger partial charge on any atom is 0.165 e. The number of aryl methyl sites for hydroxylation is 1. The Morgan fingerprint density at radius 3 is 2.11 bits per heavy atom. The molecule has 0 fully saturated rings. The highest BCUT2D eigenvalue weighted by atomic mass is 32.1. The summed E-state index contributed by atoms with van der Waals surface area (Å²) in [5.74, 6) is 0.847. The van der Waals surface area contributed by atoms with E-state index in [1.807, 2.05) is 0 Å². The van der Waals surface area contributed by atoms with E-state index in [9.17, 15) is 0 Å². The van der Waals surface area contributed by atoms with Crippen LogP contribution in [0, 0.1) is 12.1 Å². The second-order valence-electron chi connectivity index (χ2n) is 16.2. The molecule has 2 aliphatic rings. The van der Waals surface area contributed by atoms with Gasteiger partial charge in [-0.1, -0.05) is 135 Å². The first-order valence-corrected chi connectivity index (χ1v) is 20.6. The number of aromatic nitrogens is 3. The van der Waals surface area contributed by atoms with Gasteiger partial charge < -0.3 is 0 Å². The fourth-order valence-corrected chi connectivity index (χ4v) is 11.3. The molecule has 0 aliphatic heterocycles. The van der Waals surface area contributed by atoms with E-state index in [-0.39, 0.29) is 5.41 Å². The quantitative estimate of drug-likeness (QED) is 0.165.